The van der Waals surface area contributed by atoms with Crippen LogP contribution in [0.4, 0.5) is 0 Å². The lowest BCUT2D eigenvalue weighted by Crippen LogP contribution is -2.45. The molecule has 0 radical (unpaired) electrons. The van der Waals surface area contributed by atoms with Gasteiger partial charge in [0, 0.05) is 19.8 Å². The van der Waals surface area contributed by atoms with Gasteiger partial charge in [-0.1, -0.05) is 44.2 Å². The van der Waals surface area contributed by atoms with Gasteiger partial charge in [0.2, 0.25) is 11.7 Å². The van der Waals surface area contributed by atoms with Crippen LogP contribution in [0.5, 0.6) is 0 Å². The normalized spacial score (nSPS) is 12.0. The zero-order valence-corrected chi connectivity index (χ0v) is 12.2. The highest BCUT2D eigenvalue weighted by Crippen LogP contribution is 2.06. The van der Waals surface area contributed by atoms with Crippen LogP contribution in [0.15, 0.2) is 30.3 Å². The van der Waals surface area contributed by atoms with Gasteiger partial charge in [-0.3, -0.25) is 14.4 Å². The number of carbonyl (C=O) groups is 3. The lowest BCUT2D eigenvalue weighted by atomic mass is 9.99. The number of nitrogens with one attached hydrogen (secondary N) is 1. The van der Waals surface area contributed by atoms with Crippen LogP contribution in [0, 0.1) is 5.92 Å². The predicted molar refractivity (Wildman–Crippen MR) is 77.2 cm³/mol. The Labute approximate surface area is 119 Å². The molecule has 1 unspecified atom stereocenters. The molecule has 1 aromatic carbocycles. The van der Waals surface area contributed by atoms with Gasteiger partial charge < -0.3 is 5.32 Å². The molecule has 4 heteroatoms. The Bertz CT molecular complexity index is 480. The molecular weight excluding hydrogens is 254 g/mol. The van der Waals surface area contributed by atoms with Crippen molar-refractivity contribution in [1.29, 1.82) is 0 Å². The molecule has 1 rings (SSSR count). The number of benzene rings is 1. The summed E-state index contributed by atoms with van der Waals surface area (Å²) < 4.78 is 0. The Kier molecular flexibility index (Phi) is 6.10. The van der Waals surface area contributed by atoms with Gasteiger partial charge in [0.15, 0.2) is 5.78 Å². The number of carbonyl (C=O) groups excluding carboxylic acids is 3. The van der Waals surface area contributed by atoms with Gasteiger partial charge in [0.05, 0.1) is 6.04 Å². The van der Waals surface area contributed by atoms with Gasteiger partial charge >= 0.3 is 0 Å². The van der Waals surface area contributed by atoms with E-state index < -0.39 is 17.6 Å². The predicted octanol–water partition coefficient (Wildman–Crippen LogP) is 1.92. The monoisotopic (exact) mass is 275 g/mol. The van der Waals surface area contributed by atoms with E-state index >= 15 is 0 Å². The standard InChI is InChI=1S/C16H21NO3/c1-11(2)9-15(19)17-14(16(20)12(3)18)10-13-7-5-4-6-8-13/h4-8,11,14H,9-10H2,1-3H3,(H,17,19). The Morgan fingerprint density at radius 1 is 1.10 bits per heavy atom. The summed E-state index contributed by atoms with van der Waals surface area (Å²) in [7, 11) is 0. The first-order valence-electron chi connectivity index (χ1n) is 6.78. The molecule has 20 heavy (non-hydrogen) atoms. The fourth-order valence-corrected chi connectivity index (χ4v) is 1.93. The zero-order chi connectivity index (χ0) is 15.1. The van der Waals surface area contributed by atoms with Crippen molar-refractivity contribution in [2.75, 3.05) is 0 Å². The number of amides is 1. The molecule has 1 N–H and O–H groups in total. The average molecular weight is 275 g/mol. The zero-order valence-electron chi connectivity index (χ0n) is 12.2. The Hall–Kier alpha value is -1.97. The summed E-state index contributed by atoms with van der Waals surface area (Å²) in [5.74, 6) is -1.07. The fourth-order valence-electron chi connectivity index (χ4n) is 1.93. The van der Waals surface area contributed by atoms with Gasteiger partial charge in [-0.15, -0.1) is 0 Å². The molecule has 0 aliphatic rings. The van der Waals surface area contributed by atoms with Crippen LogP contribution in [0.2, 0.25) is 0 Å². The minimum absolute atomic E-state index is 0.199. The van der Waals surface area contributed by atoms with E-state index in [0.717, 1.165) is 5.56 Å². The highest BCUT2D eigenvalue weighted by Gasteiger charge is 2.24. The molecule has 0 spiro atoms. The van der Waals surface area contributed by atoms with E-state index in [9.17, 15) is 14.4 Å². The quantitative estimate of drug-likeness (QED) is 0.773. The van der Waals surface area contributed by atoms with Gasteiger partial charge in [-0.2, -0.15) is 0 Å². The summed E-state index contributed by atoms with van der Waals surface area (Å²) in [5, 5.41) is 2.67. The van der Waals surface area contributed by atoms with Crippen molar-refractivity contribution in [3.05, 3.63) is 35.9 Å². The minimum Gasteiger partial charge on any atom is -0.345 e. The number of ketones is 2. The van der Waals surface area contributed by atoms with Crippen LogP contribution in [0.1, 0.15) is 32.8 Å². The summed E-state index contributed by atoms with van der Waals surface area (Å²) in [6.45, 7) is 5.09. The fraction of sp³-hybridized carbons (Fsp3) is 0.438. The first-order valence-corrected chi connectivity index (χ1v) is 6.78. The van der Waals surface area contributed by atoms with Crippen molar-refractivity contribution < 1.29 is 14.4 Å². The van der Waals surface area contributed by atoms with Crippen LogP contribution < -0.4 is 5.32 Å². The van der Waals surface area contributed by atoms with Gasteiger partial charge in [-0.25, -0.2) is 0 Å². The third-order valence-corrected chi connectivity index (χ3v) is 2.87. The molecule has 1 aromatic rings. The van der Waals surface area contributed by atoms with Crippen LogP contribution in [0.25, 0.3) is 0 Å². The maximum Gasteiger partial charge on any atom is 0.220 e. The van der Waals surface area contributed by atoms with E-state index in [1.165, 1.54) is 6.92 Å². The molecule has 0 saturated heterocycles. The molecule has 0 saturated carbocycles. The van der Waals surface area contributed by atoms with E-state index in [1.807, 2.05) is 44.2 Å². The van der Waals surface area contributed by atoms with Crippen molar-refractivity contribution in [3.8, 4) is 0 Å². The second-order valence-electron chi connectivity index (χ2n) is 5.33. The van der Waals surface area contributed by atoms with Gasteiger partial charge in [0.25, 0.3) is 0 Å². The first-order chi connectivity index (χ1) is 9.40. The Morgan fingerprint density at radius 3 is 2.20 bits per heavy atom. The van der Waals surface area contributed by atoms with E-state index in [-0.39, 0.29) is 11.8 Å². The van der Waals surface area contributed by atoms with Crippen molar-refractivity contribution in [2.24, 2.45) is 5.92 Å². The molecular formula is C16H21NO3. The Balaban J connectivity index is 2.78. The topological polar surface area (TPSA) is 63.2 Å². The smallest absolute Gasteiger partial charge is 0.220 e. The number of rotatable bonds is 7. The molecule has 0 heterocycles. The molecule has 0 bridgehead atoms. The second-order valence-corrected chi connectivity index (χ2v) is 5.33. The highest BCUT2D eigenvalue weighted by molar-refractivity contribution is 6.38. The highest BCUT2D eigenvalue weighted by atomic mass is 16.2. The molecule has 0 fully saturated rings. The van der Waals surface area contributed by atoms with E-state index in [2.05, 4.69) is 5.32 Å². The minimum atomic E-state index is -0.777. The van der Waals surface area contributed by atoms with Crippen LogP contribution in [-0.4, -0.2) is 23.5 Å². The summed E-state index contributed by atoms with van der Waals surface area (Å²) in [4.78, 5) is 35.0. The molecule has 1 atom stereocenters. The molecule has 4 nitrogen and oxygen atoms in total. The van der Waals surface area contributed by atoms with Crippen molar-refractivity contribution in [2.45, 2.75) is 39.7 Å². The number of hydrogen-bond acceptors (Lipinski definition) is 3. The second kappa shape index (κ2) is 7.58. The summed E-state index contributed by atoms with van der Waals surface area (Å²) >= 11 is 0. The molecule has 108 valence electrons. The molecule has 0 aliphatic heterocycles. The van der Waals surface area contributed by atoms with E-state index in [0.29, 0.717) is 12.8 Å². The Morgan fingerprint density at radius 2 is 1.70 bits per heavy atom. The first kappa shape index (κ1) is 16.1. The third kappa shape index (κ3) is 5.34. The molecule has 1 amide bonds. The lowest BCUT2D eigenvalue weighted by molar-refractivity contribution is -0.137. The average Bonchev–Trinajstić information content (AvgIpc) is 2.37. The summed E-state index contributed by atoms with van der Waals surface area (Å²) in [5.41, 5.74) is 0.914. The van der Waals surface area contributed by atoms with Gasteiger partial charge in [0.1, 0.15) is 0 Å². The lowest BCUT2D eigenvalue weighted by Gasteiger charge is -2.17. The van der Waals surface area contributed by atoms with Crippen LogP contribution in [-0.2, 0) is 20.8 Å². The largest absolute Gasteiger partial charge is 0.345 e. The summed E-state index contributed by atoms with van der Waals surface area (Å²) in [6.07, 6.45) is 0.680. The maximum absolute atomic E-state index is 11.9. The number of Topliss-reactive ketones (excluding diaryl/α,β-unsaturated/α-hetero) is 2. The number of hydrogen-bond donors (Lipinski definition) is 1. The van der Waals surface area contributed by atoms with E-state index in [4.69, 9.17) is 0 Å². The van der Waals surface area contributed by atoms with Crippen molar-refractivity contribution in [1.82, 2.24) is 5.32 Å². The summed E-state index contributed by atoms with van der Waals surface area (Å²) in [6, 6.07) is 8.56. The van der Waals surface area contributed by atoms with Crippen molar-refractivity contribution >= 4 is 17.5 Å². The van der Waals surface area contributed by atoms with E-state index in [1.54, 1.807) is 0 Å². The molecule has 0 aliphatic carbocycles. The van der Waals surface area contributed by atoms with Crippen LogP contribution in [0.3, 0.4) is 0 Å². The van der Waals surface area contributed by atoms with Crippen molar-refractivity contribution in [3.63, 3.8) is 0 Å². The molecule has 0 aromatic heterocycles. The van der Waals surface area contributed by atoms with Gasteiger partial charge in [-0.05, 0) is 11.5 Å². The van der Waals surface area contributed by atoms with Crippen LogP contribution >= 0.6 is 0 Å². The SMILES string of the molecule is CC(=O)C(=O)C(Cc1ccccc1)NC(=O)CC(C)C. The third-order valence-electron chi connectivity index (χ3n) is 2.87. The maximum atomic E-state index is 11.9.